The van der Waals surface area contributed by atoms with E-state index in [1.165, 1.54) is 0 Å². The van der Waals surface area contributed by atoms with E-state index in [2.05, 4.69) is 0 Å². The minimum Gasteiger partial charge on any atom is -0.461 e. The summed E-state index contributed by atoms with van der Waals surface area (Å²) in [5, 5.41) is 0. The molecule has 0 aromatic carbocycles. The molecule has 2 saturated heterocycles. The average molecular weight is 232 g/mol. The van der Waals surface area contributed by atoms with E-state index in [4.69, 9.17) is 23.7 Å². The standard InChI is InChI=1S/C10H16O6/c1-6-12-3-8(15-6)4-14-10(11)9-5-13-7(2)16-9/h6-9H,3-5H2,1-2H3. The summed E-state index contributed by atoms with van der Waals surface area (Å²) in [6.07, 6.45) is -1.37. The molecule has 6 nitrogen and oxygen atoms in total. The van der Waals surface area contributed by atoms with E-state index in [1.54, 1.807) is 13.8 Å². The summed E-state index contributed by atoms with van der Waals surface area (Å²) in [7, 11) is 0. The summed E-state index contributed by atoms with van der Waals surface area (Å²) in [5.74, 6) is -0.410. The minimum atomic E-state index is -0.616. The van der Waals surface area contributed by atoms with Gasteiger partial charge in [0.25, 0.3) is 0 Å². The molecule has 6 heteroatoms. The smallest absolute Gasteiger partial charge is 0.337 e. The number of carbonyl (C=O) groups excluding carboxylic acids is 1. The second kappa shape index (κ2) is 5.09. The predicted molar refractivity (Wildman–Crippen MR) is 51.5 cm³/mol. The average Bonchev–Trinajstić information content (AvgIpc) is 2.84. The van der Waals surface area contributed by atoms with Gasteiger partial charge in [0.15, 0.2) is 18.7 Å². The largest absolute Gasteiger partial charge is 0.461 e. The van der Waals surface area contributed by atoms with Gasteiger partial charge >= 0.3 is 5.97 Å². The van der Waals surface area contributed by atoms with Crippen LogP contribution in [0, 0.1) is 0 Å². The lowest BCUT2D eigenvalue weighted by atomic mass is 10.4. The van der Waals surface area contributed by atoms with Crippen LogP contribution in [-0.2, 0) is 28.5 Å². The van der Waals surface area contributed by atoms with Crippen LogP contribution >= 0.6 is 0 Å². The molecule has 0 spiro atoms. The van der Waals surface area contributed by atoms with Gasteiger partial charge in [-0.05, 0) is 13.8 Å². The first-order valence-corrected chi connectivity index (χ1v) is 5.36. The molecule has 0 amide bonds. The summed E-state index contributed by atoms with van der Waals surface area (Å²) in [4.78, 5) is 11.5. The summed E-state index contributed by atoms with van der Waals surface area (Å²) < 4.78 is 25.8. The zero-order valence-corrected chi connectivity index (χ0v) is 9.38. The predicted octanol–water partition coefficient (Wildman–Crippen LogP) is 0.0524. The second-order valence-corrected chi connectivity index (χ2v) is 3.81. The summed E-state index contributed by atoms with van der Waals surface area (Å²) in [6, 6.07) is 0. The molecular weight excluding hydrogens is 216 g/mol. The van der Waals surface area contributed by atoms with Crippen molar-refractivity contribution in [3.8, 4) is 0 Å². The van der Waals surface area contributed by atoms with Crippen LogP contribution in [0.1, 0.15) is 13.8 Å². The Morgan fingerprint density at radius 1 is 1.19 bits per heavy atom. The van der Waals surface area contributed by atoms with Crippen molar-refractivity contribution in [1.82, 2.24) is 0 Å². The monoisotopic (exact) mass is 232 g/mol. The van der Waals surface area contributed by atoms with E-state index in [0.29, 0.717) is 6.61 Å². The lowest BCUT2D eigenvalue weighted by molar-refractivity contribution is -0.160. The van der Waals surface area contributed by atoms with Crippen molar-refractivity contribution < 1.29 is 28.5 Å². The Labute approximate surface area is 93.7 Å². The van der Waals surface area contributed by atoms with Crippen molar-refractivity contribution in [2.75, 3.05) is 19.8 Å². The first-order chi connectivity index (χ1) is 7.65. The zero-order valence-electron chi connectivity index (χ0n) is 9.38. The Morgan fingerprint density at radius 3 is 2.44 bits per heavy atom. The highest BCUT2D eigenvalue weighted by Crippen LogP contribution is 2.14. The molecule has 2 aliphatic rings. The lowest BCUT2D eigenvalue weighted by Gasteiger charge is -2.12. The third-order valence-electron chi connectivity index (χ3n) is 2.41. The maximum atomic E-state index is 11.5. The SMILES string of the molecule is CC1OCC(COC(=O)C2COC(C)O2)O1. The van der Waals surface area contributed by atoms with E-state index in [9.17, 15) is 4.79 Å². The number of carbonyl (C=O) groups is 1. The van der Waals surface area contributed by atoms with Crippen LogP contribution in [0.4, 0.5) is 0 Å². The first-order valence-electron chi connectivity index (χ1n) is 5.36. The van der Waals surface area contributed by atoms with E-state index in [-0.39, 0.29) is 31.9 Å². The van der Waals surface area contributed by atoms with Gasteiger partial charge in [0.05, 0.1) is 13.2 Å². The molecular formula is C10H16O6. The highest BCUT2D eigenvalue weighted by Gasteiger charge is 2.31. The first kappa shape index (κ1) is 11.8. The van der Waals surface area contributed by atoms with Gasteiger partial charge in [-0.1, -0.05) is 0 Å². The summed E-state index contributed by atoms with van der Waals surface area (Å²) in [5.41, 5.74) is 0. The highest BCUT2D eigenvalue weighted by atomic mass is 16.7. The number of hydrogen-bond donors (Lipinski definition) is 0. The highest BCUT2D eigenvalue weighted by molar-refractivity contribution is 5.75. The molecule has 16 heavy (non-hydrogen) atoms. The van der Waals surface area contributed by atoms with Gasteiger partial charge in [-0.2, -0.15) is 0 Å². The van der Waals surface area contributed by atoms with Crippen molar-refractivity contribution in [3.63, 3.8) is 0 Å². The van der Waals surface area contributed by atoms with Gasteiger partial charge in [0.1, 0.15) is 12.7 Å². The van der Waals surface area contributed by atoms with Crippen molar-refractivity contribution in [2.45, 2.75) is 38.6 Å². The number of esters is 1. The van der Waals surface area contributed by atoms with Crippen LogP contribution < -0.4 is 0 Å². The Kier molecular flexibility index (Phi) is 3.75. The zero-order chi connectivity index (χ0) is 11.5. The van der Waals surface area contributed by atoms with Gasteiger partial charge in [0, 0.05) is 0 Å². The second-order valence-electron chi connectivity index (χ2n) is 3.81. The third-order valence-corrected chi connectivity index (χ3v) is 2.41. The summed E-state index contributed by atoms with van der Waals surface area (Å²) >= 11 is 0. The lowest BCUT2D eigenvalue weighted by Crippen LogP contribution is -2.29. The van der Waals surface area contributed by atoms with E-state index in [1.807, 2.05) is 0 Å². The normalized spacial score (nSPS) is 38.9. The maximum absolute atomic E-state index is 11.5. The molecule has 2 rings (SSSR count). The molecule has 0 bridgehead atoms. The Bertz CT molecular complexity index is 256. The van der Waals surface area contributed by atoms with Crippen molar-refractivity contribution >= 4 is 5.97 Å². The van der Waals surface area contributed by atoms with Crippen molar-refractivity contribution in [3.05, 3.63) is 0 Å². The van der Waals surface area contributed by atoms with Gasteiger partial charge in [-0.3, -0.25) is 0 Å². The molecule has 92 valence electrons. The van der Waals surface area contributed by atoms with E-state index in [0.717, 1.165) is 0 Å². The molecule has 0 aromatic rings. The van der Waals surface area contributed by atoms with Gasteiger partial charge in [-0.15, -0.1) is 0 Å². The molecule has 4 unspecified atom stereocenters. The number of ether oxygens (including phenoxy) is 5. The van der Waals surface area contributed by atoms with E-state index >= 15 is 0 Å². The van der Waals surface area contributed by atoms with Crippen molar-refractivity contribution in [2.24, 2.45) is 0 Å². The Balaban J connectivity index is 1.68. The van der Waals surface area contributed by atoms with Crippen LogP contribution in [0.3, 0.4) is 0 Å². The maximum Gasteiger partial charge on any atom is 0.337 e. The number of rotatable bonds is 3. The van der Waals surface area contributed by atoms with Gasteiger partial charge in [0.2, 0.25) is 0 Å². The van der Waals surface area contributed by atoms with E-state index < -0.39 is 12.1 Å². The van der Waals surface area contributed by atoms with Crippen LogP contribution in [-0.4, -0.2) is 50.6 Å². The molecule has 4 atom stereocenters. The van der Waals surface area contributed by atoms with Gasteiger partial charge in [-0.25, -0.2) is 4.79 Å². The molecule has 2 aliphatic heterocycles. The molecule has 2 heterocycles. The summed E-state index contributed by atoms with van der Waals surface area (Å²) in [6.45, 7) is 4.43. The molecule has 0 saturated carbocycles. The fraction of sp³-hybridized carbons (Fsp3) is 0.900. The fourth-order valence-electron chi connectivity index (χ4n) is 1.60. The molecule has 0 aliphatic carbocycles. The quantitative estimate of drug-likeness (QED) is 0.641. The van der Waals surface area contributed by atoms with Crippen LogP contribution in [0.15, 0.2) is 0 Å². The third kappa shape index (κ3) is 2.91. The van der Waals surface area contributed by atoms with Crippen LogP contribution in [0.5, 0.6) is 0 Å². The topological polar surface area (TPSA) is 63.2 Å². The van der Waals surface area contributed by atoms with Crippen molar-refractivity contribution in [1.29, 1.82) is 0 Å². The molecule has 0 radical (unpaired) electrons. The molecule has 0 N–H and O–H groups in total. The fourth-order valence-corrected chi connectivity index (χ4v) is 1.60. The molecule has 2 fully saturated rings. The molecule has 0 aromatic heterocycles. The van der Waals surface area contributed by atoms with Crippen LogP contribution in [0.25, 0.3) is 0 Å². The number of hydrogen-bond acceptors (Lipinski definition) is 6. The minimum absolute atomic E-state index is 0.182. The van der Waals surface area contributed by atoms with Crippen LogP contribution in [0.2, 0.25) is 0 Å². The Morgan fingerprint density at radius 2 is 1.88 bits per heavy atom. The van der Waals surface area contributed by atoms with Gasteiger partial charge < -0.3 is 23.7 Å². The Hall–Kier alpha value is -0.690.